The minimum atomic E-state index is -9.82. The Morgan fingerprint density at radius 1 is 1.09 bits per heavy atom. The number of hydrogen-bond donors (Lipinski definition) is 1. The highest BCUT2D eigenvalue weighted by Gasteiger charge is 2.65. The largest absolute Gasteiger partial charge is 0.383 e. The van der Waals surface area contributed by atoms with E-state index in [2.05, 4.69) is 10.1 Å². The third-order valence-electron chi connectivity index (χ3n) is 5.74. The van der Waals surface area contributed by atoms with E-state index in [0.29, 0.717) is 16.3 Å². The first kappa shape index (κ1) is 23.7. The number of carbonyl (C=O) groups excluding carboxylic acids is 1. The molecule has 1 amide bonds. The molecule has 2 N–H and O–H groups in total. The topological polar surface area (TPSA) is 77.0 Å². The molecule has 182 valence electrons. The van der Waals surface area contributed by atoms with Crippen molar-refractivity contribution >= 4 is 43.8 Å². The molecule has 0 saturated heterocycles. The lowest BCUT2D eigenvalue weighted by atomic mass is 10.0. The van der Waals surface area contributed by atoms with E-state index < -0.39 is 32.9 Å². The second kappa shape index (κ2) is 6.78. The number of anilines is 1. The molecule has 0 unspecified atom stereocenters. The van der Waals surface area contributed by atoms with Crippen molar-refractivity contribution in [1.82, 2.24) is 19.7 Å². The standard InChI is InChI=1S/C21H19F6N5OS/c1-11(12-4-6-13(7-5-12)34(23,24,25,26)27)31(2)21(33)14-8-15-18(9-17(14)22)30-20(28)16-10-29-32(3)19(15)16/h4-11H,1-3H3,(H2,28,30)/t11-/m1/s1. The van der Waals surface area contributed by atoms with Crippen molar-refractivity contribution in [3.8, 4) is 0 Å². The fraction of sp³-hybridized carbons (Fsp3) is 0.190. The first-order chi connectivity index (χ1) is 15.5. The lowest BCUT2D eigenvalue weighted by Crippen LogP contribution is -2.30. The van der Waals surface area contributed by atoms with E-state index in [1.54, 1.807) is 7.05 Å². The van der Waals surface area contributed by atoms with Gasteiger partial charge < -0.3 is 10.6 Å². The van der Waals surface area contributed by atoms with Gasteiger partial charge in [0.15, 0.2) is 0 Å². The van der Waals surface area contributed by atoms with Crippen LogP contribution >= 0.6 is 10.2 Å². The van der Waals surface area contributed by atoms with Crippen LogP contribution in [-0.2, 0) is 7.05 Å². The van der Waals surface area contributed by atoms with Gasteiger partial charge in [0.1, 0.15) is 16.5 Å². The van der Waals surface area contributed by atoms with Gasteiger partial charge in [0.2, 0.25) is 0 Å². The number of nitrogens with two attached hydrogens (primary N) is 1. The van der Waals surface area contributed by atoms with Crippen LogP contribution in [0.2, 0.25) is 0 Å². The number of aryl methyl sites for hydroxylation is 1. The second-order valence-electron chi connectivity index (χ2n) is 8.01. The van der Waals surface area contributed by atoms with Gasteiger partial charge in [0, 0.05) is 25.5 Å². The Balaban J connectivity index is 1.72. The number of nitrogen functional groups attached to an aromatic ring is 1. The van der Waals surface area contributed by atoms with Gasteiger partial charge in [0.25, 0.3) is 5.91 Å². The number of nitrogens with zero attached hydrogens (tertiary/aromatic N) is 4. The fourth-order valence-electron chi connectivity index (χ4n) is 3.74. The highest BCUT2D eigenvalue weighted by atomic mass is 32.5. The normalized spacial score (nSPS) is 15.2. The van der Waals surface area contributed by atoms with Gasteiger partial charge >= 0.3 is 10.2 Å². The van der Waals surface area contributed by atoms with Gasteiger partial charge in [-0.3, -0.25) is 9.48 Å². The van der Waals surface area contributed by atoms with Crippen LogP contribution in [0, 0.1) is 5.82 Å². The zero-order valence-electron chi connectivity index (χ0n) is 18.1. The summed E-state index contributed by atoms with van der Waals surface area (Å²) in [6.07, 6.45) is 1.49. The SMILES string of the molecule is C[C@H](c1ccc(S(F)(F)(F)(F)F)cc1)N(C)C(=O)c1cc2c(cc1F)nc(N)c1cnn(C)c12. The molecule has 0 fully saturated rings. The van der Waals surface area contributed by atoms with Gasteiger partial charge in [-0.25, -0.2) is 9.37 Å². The Bertz CT molecular complexity index is 1470. The van der Waals surface area contributed by atoms with Crippen molar-refractivity contribution in [3.63, 3.8) is 0 Å². The van der Waals surface area contributed by atoms with Crippen molar-refractivity contribution in [3.05, 3.63) is 59.5 Å². The molecule has 4 aromatic rings. The summed E-state index contributed by atoms with van der Waals surface area (Å²) >= 11 is 0. The van der Waals surface area contributed by atoms with Gasteiger partial charge in [-0.1, -0.05) is 31.6 Å². The molecule has 0 aliphatic heterocycles. The highest BCUT2D eigenvalue weighted by molar-refractivity contribution is 8.45. The molecule has 4 rings (SSSR count). The van der Waals surface area contributed by atoms with Crippen LogP contribution in [0.15, 0.2) is 47.5 Å². The average Bonchev–Trinajstić information content (AvgIpc) is 3.13. The third kappa shape index (κ3) is 4.00. The number of carbonyl (C=O) groups is 1. The molecule has 13 heteroatoms. The molecule has 2 heterocycles. The van der Waals surface area contributed by atoms with Gasteiger partial charge in [-0.15, -0.1) is 0 Å². The molecular formula is C21H19F6N5OS. The third-order valence-corrected chi connectivity index (χ3v) is 6.90. The molecule has 0 saturated carbocycles. The smallest absolute Gasteiger partial charge is 0.310 e. The lowest BCUT2D eigenvalue weighted by Gasteiger charge is -2.40. The number of rotatable bonds is 4. The predicted molar refractivity (Wildman–Crippen MR) is 119 cm³/mol. The maximum atomic E-state index is 14.9. The van der Waals surface area contributed by atoms with Crippen molar-refractivity contribution in [2.24, 2.45) is 7.05 Å². The molecule has 6 nitrogen and oxygen atoms in total. The summed E-state index contributed by atoms with van der Waals surface area (Å²) in [5, 5.41) is 5.06. The molecule has 0 radical (unpaired) electrons. The molecule has 2 aromatic carbocycles. The van der Waals surface area contributed by atoms with Crippen molar-refractivity contribution < 1.29 is 28.6 Å². The van der Waals surface area contributed by atoms with Crippen molar-refractivity contribution in [2.75, 3.05) is 12.8 Å². The number of hydrogen-bond acceptors (Lipinski definition) is 4. The Kier molecular flexibility index (Phi) is 4.72. The molecule has 34 heavy (non-hydrogen) atoms. The minimum Gasteiger partial charge on any atom is -0.383 e. The van der Waals surface area contributed by atoms with Crippen LogP contribution in [0.3, 0.4) is 0 Å². The van der Waals surface area contributed by atoms with Crippen LogP contribution in [-0.4, -0.2) is 32.6 Å². The monoisotopic (exact) mass is 503 g/mol. The van der Waals surface area contributed by atoms with Crippen LogP contribution in [0.25, 0.3) is 21.8 Å². The maximum absolute atomic E-state index is 14.9. The summed E-state index contributed by atoms with van der Waals surface area (Å²) in [6.45, 7) is 1.48. The van der Waals surface area contributed by atoms with E-state index in [-0.39, 0.29) is 34.6 Å². The van der Waals surface area contributed by atoms with Crippen molar-refractivity contribution in [1.29, 1.82) is 0 Å². The molecule has 0 aliphatic carbocycles. The summed E-state index contributed by atoms with van der Waals surface area (Å²) < 4.78 is 81.3. The Morgan fingerprint density at radius 3 is 2.29 bits per heavy atom. The first-order valence-corrected chi connectivity index (χ1v) is 11.7. The van der Waals surface area contributed by atoms with Gasteiger partial charge in [0.05, 0.1) is 34.2 Å². The van der Waals surface area contributed by atoms with E-state index in [1.807, 2.05) is 0 Å². The highest BCUT2D eigenvalue weighted by Crippen LogP contribution is 3.02. The van der Waals surface area contributed by atoms with Crippen LogP contribution < -0.4 is 5.73 Å². The number of benzene rings is 2. The Morgan fingerprint density at radius 2 is 1.71 bits per heavy atom. The number of amides is 1. The molecular weight excluding hydrogens is 484 g/mol. The van der Waals surface area contributed by atoms with Gasteiger partial charge in [-0.2, -0.15) is 5.10 Å². The van der Waals surface area contributed by atoms with Crippen LogP contribution in [0.1, 0.15) is 28.9 Å². The molecule has 2 aromatic heterocycles. The molecule has 0 spiro atoms. The number of pyridine rings is 1. The van der Waals surface area contributed by atoms with Crippen LogP contribution in [0.5, 0.6) is 0 Å². The zero-order chi connectivity index (χ0) is 25.3. The summed E-state index contributed by atoms with van der Waals surface area (Å²) in [5.41, 5.74) is 6.52. The first-order valence-electron chi connectivity index (χ1n) is 9.79. The summed E-state index contributed by atoms with van der Waals surface area (Å²) in [4.78, 5) is 16.3. The molecule has 1 atom stereocenters. The van der Waals surface area contributed by atoms with E-state index >= 15 is 0 Å². The average molecular weight is 503 g/mol. The number of halogens is 6. The summed E-state index contributed by atoms with van der Waals surface area (Å²) in [6, 6.07) is 3.80. The van der Waals surface area contributed by atoms with E-state index in [9.17, 15) is 28.6 Å². The maximum Gasteiger partial charge on any atom is 0.310 e. The number of aromatic nitrogens is 3. The van der Waals surface area contributed by atoms with E-state index in [4.69, 9.17) is 5.73 Å². The Hall–Kier alpha value is -3.48. The number of fused-ring (bicyclic) bond motifs is 3. The fourth-order valence-corrected chi connectivity index (χ4v) is 4.39. The van der Waals surface area contributed by atoms with Crippen LogP contribution in [0.4, 0.5) is 29.6 Å². The lowest BCUT2D eigenvalue weighted by molar-refractivity contribution is 0.0738. The van der Waals surface area contributed by atoms with Crippen molar-refractivity contribution in [2.45, 2.75) is 17.9 Å². The van der Waals surface area contributed by atoms with E-state index in [0.717, 1.165) is 23.1 Å². The quantitative estimate of drug-likeness (QED) is 0.330. The summed E-state index contributed by atoms with van der Waals surface area (Å²) in [5.74, 6) is -1.49. The second-order valence-corrected chi connectivity index (χ2v) is 10.4. The van der Waals surface area contributed by atoms with E-state index in [1.165, 1.54) is 30.9 Å². The van der Waals surface area contributed by atoms with Gasteiger partial charge in [-0.05, 0) is 30.7 Å². The minimum absolute atomic E-state index is 0.148. The molecule has 0 bridgehead atoms. The summed E-state index contributed by atoms with van der Waals surface area (Å²) in [7, 11) is -6.84. The molecule has 0 aliphatic rings. The zero-order valence-corrected chi connectivity index (χ0v) is 18.9. The Labute approximate surface area is 189 Å². The predicted octanol–water partition coefficient (Wildman–Crippen LogP) is 6.33.